The van der Waals surface area contributed by atoms with E-state index in [1.807, 2.05) is 0 Å². The smallest absolute Gasteiger partial charge is 0.000763 e. The predicted molar refractivity (Wildman–Crippen MR) is 244 cm³/mol. The topological polar surface area (TPSA) is 0 Å². The molecule has 0 aliphatic carbocycles. The minimum atomic E-state index is 1.25. The van der Waals surface area contributed by atoms with Gasteiger partial charge in [-0.25, -0.2) is 0 Å². The van der Waals surface area contributed by atoms with Crippen LogP contribution < -0.4 is 0 Å². The average Bonchev–Trinajstić information content (AvgIpc) is 3.25. The molecule has 56 heavy (non-hydrogen) atoms. The van der Waals surface area contributed by atoms with E-state index in [1.165, 1.54) is 130 Å². The first-order chi connectivity index (χ1) is 27.8. The fraction of sp³-hybridized carbons (Fsp3) is 0. The van der Waals surface area contributed by atoms with Crippen molar-refractivity contribution in [3.8, 4) is 22.3 Å². The van der Waals surface area contributed by atoms with E-state index in [9.17, 15) is 0 Å². The molecule has 0 aliphatic rings. The zero-order valence-electron chi connectivity index (χ0n) is 30.5. The van der Waals surface area contributed by atoms with E-state index in [4.69, 9.17) is 0 Å². The Morgan fingerprint density at radius 3 is 1.54 bits per heavy atom. The highest BCUT2D eigenvalue weighted by atomic mass is 14.3. The normalized spacial score (nSPS) is 12.3. The maximum Gasteiger partial charge on any atom is -0.000763 e. The molecule has 13 aromatic carbocycles. The number of hydrogen-bond donors (Lipinski definition) is 0. The second-order valence-electron chi connectivity index (χ2n) is 15.6. The second kappa shape index (κ2) is 11.1. The monoisotopic (exact) mass is 704 g/mol. The van der Waals surface area contributed by atoms with E-state index in [-0.39, 0.29) is 0 Å². The van der Waals surface area contributed by atoms with Crippen LogP contribution in [-0.2, 0) is 0 Å². The average molecular weight is 705 g/mol. The molecule has 0 heteroatoms. The van der Waals surface area contributed by atoms with Crippen molar-refractivity contribution in [1.82, 2.24) is 0 Å². The Bertz CT molecular complexity index is 3800. The van der Waals surface area contributed by atoms with E-state index < -0.39 is 0 Å². The summed E-state index contributed by atoms with van der Waals surface area (Å²) in [4.78, 5) is 0. The van der Waals surface area contributed by atoms with Gasteiger partial charge in [0, 0.05) is 0 Å². The first-order valence-electron chi connectivity index (χ1n) is 19.6. The first kappa shape index (κ1) is 30.1. The molecule has 0 bridgehead atoms. The van der Waals surface area contributed by atoms with Gasteiger partial charge in [-0.15, -0.1) is 0 Å². The third kappa shape index (κ3) is 4.08. The van der Waals surface area contributed by atoms with Crippen LogP contribution in [-0.4, -0.2) is 0 Å². The molecule has 0 fully saturated rings. The molecule has 0 heterocycles. The van der Waals surface area contributed by atoms with Crippen molar-refractivity contribution < 1.29 is 0 Å². The Balaban J connectivity index is 1.23. The number of hydrogen-bond acceptors (Lipinski definition) is 0. The van der Waals surface area contributed by atoms with E-state index >= 15 is 0 Å². The summed E-state index contributed by atoms with van der Waals surface area (Å²) in [6.07, 6.45) is 0. The molecule has 0 radical (unpaired) electrons. The zero-order chi connectivity index (χ0) is 36.5. The van der Waals surface area contributed by atoms with Crippen LogP contribution in [0.4, 0.5) is 0 Å². The fourth-order valence-corrected chi connectivity index (χ4v) is 10.2. The van der Waals surface area contributed by atoms with Crippen molar-refractivity contribution in [2.24, 2.45) is 0 Å². The van der Waals surface area contributed by atoms with E-state index in [0.717, 1.165) is 0 Å². The first-order valence-corrected chi connectivity index (χ1v) is 19.6. The van der Waals surface area contributed by atoms with Crippen LogP contribution in [0.5, 0.6) is 0 Å². The highest BCUT2D eigenvalue weighted by Crippen LogP contribution is 2.51. The lowest BCUT2D eigenvalue weighted by atomic mass is 9.80. The minimum absolute atomic E-state index is 1.25. The molecule has 0 unspecified atom stereocenters. The van der Waals surface area contributed by atoms with Crippen molar-refractivity contribution in [3.63, 3.8) is 0 Å². The largest absolute Gasteiger partial charge is 0.0616 e. The summed E-state index contributed by atoms with van der Waals surface area (Å²) in [5.41, 5.74) is 5.08. The summed E-state index contributed by atoms with van der Waals surface area (Å²) >= 11 is 0. The molecule has 13 aromatic rings. The Labute approximate surface area is 322 Å². The molecule has 0 aromatic heterocycles. The van der Waals surface area contributed by atoms with E-state index in [1.54, 1.807) is 0 Å². The Morgan fingerprint density at radius 2 is 0.696 bits per heavy atom. The van der Waals surface area contributed by atoms with Crippen molar-refractivity contribution >= 4 is 108 Å². The molecule has 0 amide bonds. The van der Waals surface area contributed by atoms with Crippen molar-refractivity contribution in [2.45, 2.75) is 0 Å². The van der Waals surface area contributed by atoms with Crippen molar-refractivity contribution in [3.05, 3.63) is 194 Å². The van der Waals surface area contributed by atoms with Gasteiger partial charge in [0.15, 0.2) is 0 Å². The third-order valence-electron chi connectivity index (χ3n) is 12.7. The second-order valence-corrected chi connectivity index (χ2v) is 15.6. The van der Waals surface area contributed by atoms with Gasteiger partial charge in [0.05, 0.1) is 0 Å². The molecule has 256 valence electrons. The molecule has 0 aliphatic heterocycles. The number of rotatable bonds is 2. The van der Waals surface area contributed by atoms with Crippen LogP contribution in [0.1, 0.15) is 0 Å². The molecular formula is C56H32. The fourth-order valence-electron chi connectivity index (χ4n) is 10.2. The van der Waals surface area contributed by atoms with Gasteiger partial charge < -0.3 is 0 Å². The SMILES string of the molecule is c1ccc2cc3cc4c(-c5c(-c6cccc7c6ccc6c8ccccc8ccc76)cc6cccc7c8cccc9cccc(c5c67)c98)cccc4cc3cc2c1. The van der Waals surface area contributed by atoms with Gasteiger partial charge in [0.2, 0.25) is 0 Å². The van der Waals surface area contributed by atoms with Gasteiger partial charge >= 0.3 is 0 Å². The molecule has 0 spiro atoms. The zero-order valence-corrected chi connectivity index (χ0v) is 30.5. The Hall–Kier alpha value is -7.28. The highest BCUT2D eigenvalue weighted by Gasteiger charge is 2.23. The van der Waals surface area contributed by atoms with Gasteiger partial charge in [-0.3, -0.25) is 0 Å². The summed E-state index contributed by atoms with van der Waals surface area (Å²) in [6.45, 7) is 0. The van der Waals surface area contributed by atoms with Crippen LogP contribution in [0.25, 0.3) is 130 Å². The predicted octanol–water partition coefficient (Wildman–Crippen LogP) is 16.0. The lowest BCUT2D eigenvalue weighted by molar-refractivity contribution is 1.68. The lowest BCUT2D eigenvalue weighted by Gasteiger charge is -2.22. The standard InChI is InChI=1S/C56H32/c1-2-12-36-29-40-32-51-37(30-39(40)28-35(36)11-1)15-7-22-49(51)55-52(43-19-9-18-42-45-25-24-33-10-3-4-17-41(33)44(45)26-27-46(42)43)31-38-16-8-21-48-47-20-5-13-34-14-6-23-50(53(34)47)56(55)54(38)48/h1-32H. The maximum atomic E-state index is 2.48. The minimum Gasteiger partial charge on any atom is -0.0616 e. The highest BCUT2D eigenvalue weighted by molar-refractivity contribution is 6.37. The van der Waals surface area contributed by atoms with Gasteiger partial charge in [-0.2, -0.15) is 0 Å². The van der Waals surface area contributed by atoms with Crippen molar-refractivity contribution in [1.29, 1.82) is 0 Å². The van der Waals surface area contributed by atoms with Crippen LogP contribution in [0.2, 0.25) is 0 Å². The maximum absolute atomic E-state index is 2.48. The van der Waals surface area contributed by atoms with Crippen LogP contribution in [0, 0.1) is 0 Å². The van der Waals surface area contributed by atoms with Gasteiger partial charge in [0.1, 0.15) is 0 Å². The molecule has 0 atom stereocenters. The lowest BCUT2D eigenvalue weighted by Crippen LogP contribution is -1.95. The summed E-state index contributed by atoms with van der Waals surface area (Å²) in [5.74, 6) is 0. The number of benzene rings is 13. The Kier molecular flexibility index (Phi) is 5.98. The van der Waals surface area contributed by atoms with Gasteiger partial charge in [0.25, 0.3) is 0 Å². The van der Waals surface area contributed by atoms with Crippen molar-refractivity contribution in [2.75, 3.05) is 0 Å². The number of fused-ring (bicyclic) bond motifs is 10. The molecule has 0 saturated heterocycles. The molecule has 0 nitrogen and oxygen atoms in total. The summed E-state index contributed by atoms with van der Waals surface area (Å²) in [5, 5.41) is 25.7. The van der Waals surface area contributed by atoms with E-state index in [0.29, 0.717) is 0 Å². The van der Waals surface area contributed by atoms with Crippen LogP contribution in [0.3, 0.4) is 0 Å². The quantitative estimate of drug-likeness (QED) is 0.124. The van der Waals surface area contributed by atoms with Gasteiger partial charge in [-0.1, -0.05) is 164 Å². The molecular weight excluding hydrogens is 673 g/mol. The molecule has 13 rings (SSSR count). The third-order valence-corrected chi connectivity index (χ3v) is 12.7. The Morgan fingerprint density at radius 1 is 0.179 bits per heavy atom. The van der Waals surface area contributed by atoms with Crippen LogP contribution >= 0.6 is 0 Å². The summed E-state index contributed by atoms with van der Waals surface area (Å²) < 4.78 is 0. The molecule has 0 N–H and O–H groups in total. The summed E-state index contributed by atoms with van der Waals surface area (Å²) in [7, 11) is 0. The van der Waals surface area contributed by atoms with Crippen LogP contribution in [0.15, 0.2) is 194 Å². The van der Waals surface area contributed by atoms with E-state index in [2.05, 4.69) is 194 Å². The summed E-state index contributed by atoms with van der Waals surface area (Å²) in [6, 6.07) is 73.2. The molecule has 0 saturated carbocycles. The van der Waals surface area contributed by atoms with Gasteiger partial charge in [-0.05, 0) is 160 Å².